The number of rotatable bonds is 3. The Morgan fingerprint density at radius 1 is 1.23 bits per heavy atom. The van der Waals surface area contributed by atoms with Gasteiger partial charge in [-0.1, -0.05) is 59.3 Å². The zero-order chi connectivity index (χ0) is 9.73. The van der Waals surface area contributed by atoms with E-state index in [4.69, 9.17) is 0 Å². The van der Waals surface area contributed by atoms with Gasteiger partial charge in [0.2, 0.25) is 0 Å². The Morgan fingerprint density at radius 3 is 2.69 bits per heavy atom. The Kier molecular flexibility index (Phi) is 4.28. The van der Waals surface area contributed by atoms with Crippen LogP contribution in [0.1, 0.15) is 72.1 Å². The average Bonchev–Trinajstić information content (AvgIpc) is 2.28. The maximum atomic E-state index is 2.53. The summed E-state index contributed by atoms with van der Waals surface area (Å²) < 4.78 is 0. The molecule has 0 heterocycles. The summed E-state index contributed by atoms with van der Waals surface area (Å²) in [4.78, 5) is 0. The van der Waals surface area contributed by atoms with Crippen LogP contribution in [0.2, 0.25) is 0 Å². The van der Waals surface area contributed by atoms with Crippen molar-refractivity contribution in [1.82, 2.24) is 0 Å². The fourth-order valence-electron chi connectivity index (χ4n) is 2.70. The molecule has 1 aliphatic rings. The number of hydrogen-bond donors (Lipinski definition) is 0. The summed E-state index contributed by atoms with van der Waals surface area (Å²) in [6, 6.07) is 0. The lowest BCUT2D eigenvalue weighted by Gasteiger charge is -2.34. The molecule has 0 radical (unpaired) electrons. The molecule has 1 saturated carbocycles. The Hall–Kier alpha value is 0. The van der Waals surface area contributed by atoms with Crippen molar-refractivity contribution in [1.29, 1.82) is 0 Å². The van der Waals surface area contributed by atoms with Crippen LogP contribution in [0, 0.1) is 11.3 Å². The third-order valence-corrected chi connectivity index (χ3v) is 4.18. The van der Waals surface area contributed by atoms with Gasteiger partial charge in [0.1, 0.15) is 0 Å². The summed E-state index contributed by atoms with van der Waals surface area (Å²) in [5.74, 6) is 0.960. The van der Waals surface area contributed by atoms with Crippen molar-refractivity contribution in [3.05, 3.63) is 0 Å². The van der Waals surface area contributed by atoms with E-state index in [1.165, 1.54) is 51.4 Å². The molecule has 2 atom stereocenters. The minimum atomic E-state index is 0.673. The van der Waals surface area contributed by atoms with Gasteiger partial charge in [-0.2, -0.15) is 0 Å². The third kappa shape index (κ3) is 3.00. The molecule has 0 aromatic rings. The summed E-state index contributed by atoms with van der Waals surface area (Å²) in [6.45, 7) is 7.31. The molecule has 0 N–H and O–H groups in total. The first-order chi connectivity index (χ1) is 6.19. The number of unbranched alkanes of at least 4 members (excludes halogenated alkanes) is 1. The van der Waals surface area contributed by atoms with E-state index in [-0.39, 0.29) is 0 Å². The molecule has 0 bridgehead atoms. The predicted molar refractivity (Wildman–Crippen MR) is 59.9 cm³/mol. The zero-order valence-corrected chi connectivity index (χ0v) is 9.73. The van der Waals surface area contributed by atoms with Crippen molar-refractivity contribution < 1.29 is 0 Å². The van der Waals surface area contributed by atoms with E-state index < -0.39 is 0 Å². The molecular weight excluding hydrogens is 156 g/mol. The van der Waals surface area contributed by atoms with Gasteiger partial charge in [0.15, 0.2) is 0 Å². The lowest BCUT2D eigenvalue weighted by atomic mass is 9.71. The summed E-state index contributed by atoms with van der Waals surface area (Å²) in [5, 5.41) is 0. The molecule has 1 rings (SSSR count). The smallest absolute Gasteiger partial charge is 0.0300 e. The molecule has 0 aromatic heterocycles. The van der Waals surface area contributed by atoms with Gasteiger partial charge in [0.05, 0.1) is 0 Å². The van der Waals surface area contributed by atoms with Crippen molar-refractivity contribution >= 4 is 0 Å². The van der Waals surface area contributed by atoms with Crippen LogP contribution < -0.4 is 0 Å². The monoisotopic (exact) mass is 182 g/mol. The van der Waals surface area contributed by atoms with Gasteiger partial charge in [0, 0.05) is 0 Å². The van der Waals surface area contributed by atoms with Crippen LogP contribution in [0.15, 0.2) is 0 Å². The van der Waals surface area contributed by atoms with Crippen LogP contribution in [0.3, 0.4) is 0 Å². The van der Waals surface area contributed by atoms with Crippen LogP contribution in [0.5, 0.6) is 0 Å². The van der Waals surface area contributed by atoms with Gasteiger partial charge >= 0.3 is 0 Å². The van der Waals surface area contributed by atoms with E-state index >= 15 is 0 Å². The van der Waals surface area contributed by atoms with E-state index in [2.05, 4.69) is 20.8 Å². The van der Waals surface area contributed by atoms with E-state index in [0.717, 1.165) is 5.92 Å². The molecule has 1 aliphatic carbocycles. The topological polar surface area (TPSA) is 0 Å². The standard InChI is InChI=1S/C13H26/c1-4-5-10-13(3)11-8-6-7-9-12(13)2/h12H,4-11H2,1-3H3. The molecule has 13 heavy (non-hydrogen) atoms. The van der Waals surface area contributed by atoms with E-state index in [1.807, 2.05) is 0 Å². The van der Waals surface area contributed by atoms with Gasteiger partial charge in [0.25, 0.3) is 0 Å². The fraction of sp³-hybridized carbons (Fsp3) is 1.00. The molecule has 0 amide bonds. The lowest BCUT2D eigenvalue weighted by Crippen LogP contribution is -2.24. The summed E-state index contributed by atoms with van der Waals surface area (Å²) in [6.07, 6.45) is 11.6. The van der Waals surface area contributed by atoms with Crippen molar-refractivity contribution in [2.45, 2.75) is 72.1 Å². The normalized spacial score (nSPS) is 35.8. The quantitative estimate of drug-likeness (QED) is 0.551. The van der Waals surface area contributed by atoms with Gasteiger partial charge in [-0.25, -0.2) is 0 Å². The van der Waals surface area contributed by atoms with Gasteiger partial charge in [-0.3, -0.25) is 0 Å². The van der Waals surface area contributed by atoms with Gasteiger partial charge < -0.3 is 0 Å². The molecule has 2 unspecified atom stereocenters. The molecular formula is C13H26. The minimum Gasteiger partial charge on any atom is -0.0654 e. The number of hydrogen-bond acceptors (Lipinski definition) is 0. The maximum Gasteiger partial charge on any atom is -0.0300 e. The molecule has 0 spiro atoms. The van der Waals surface area contributed by atoms with Crippen LogP contribution in [-0.2, 0) is 0 Å². The first-order valence-electron chi connectivity index (χ1n) is 6.19. The highest BCUT2D eigenvalue weighted by Gasteiger charge is 2.31. The SMILES string of the molecule is CCCCC1(C)CCCCCC1C. The summed E-state index contributed by atoms with van der Waals surface area (Å²) >= 11 is 0. The van der Waals surface area contributed by atoms with Crippen LogP contribution >= 0.6 is 0 Å². The van der Waals surface area contributed by atoms with Crippen molar-refractivity contribution in [3.8, 4) is 0 Å². The van der Waals surface area contributed by atoms with E-state index in [9.17, 15) is 0 Å². The molecule has 0 heteroatoms. The van der Waals surface area contributed by atoms with E-state index in [0.29, 0.717) is 5.41 Å². The zero-order valence-electron chi connectivity index (χ0n) is 9.73. The van der Waals surface area contributed by atoms with Crippen molar-refractivity contribution in [2.24, 2.45) is 11.3 Å². The van der Waals surface area contributed by atoms with Crippen molar-refractivity contribution in [2.75, 3.05) is 0 Å². The Balaban J connectivity index is 2.49. The summed E-state index contributed by atoms with van der Waals surface area (Å²) in [7, 11) is 0. The molecule has 0 nitrogen and oxygen atoms in total. The molecule has 0 aliphatic heterocycles. The second-order valence-electron chi connectivity index (χ2n) is 5.26. The van der Waals surface area contributed by atoms with Crippen molar-refractivity contribution in [3.63, 3.8) is 0 Å². The second kappa shape index (κ2) is 5.02. The molecule has 78 valence electrons. The second-order valence-corrected chi connectivity index (χ2v) is 5.26. The maximum absolute atomic E-state index is 2.53. The van der Waals surface area contributed by atoms with E-state index in [1.54, 1.807) is 0 Å². The summed E-state index contributed by atoms with van der Waals surface area (Å²) in [5.41, 5.74) is 0.673. The fourth-order valence-corrected chi connectivity index (χ4v) is 2.70. The van der Waals surface area contributed by atoms with Gasteiger partial charge in [-0.05, 0) is 24.2 Å². The molecule has 1 fully saturated rings. The average molecular weight is 182 g/mol. The minimum absolute atomic E-state index is 0.673. The third-order valence-electron chi connectivity index (χ3n) is 4.18. The van der Waals surface area contributed by atoms with Crippen LogP contribution in [-0.4, -0.2) is 0 Å². The van der Waals surface area contributed by atoms with Crippen LogP contribution in [0.4, 0.5) is 0 Å². The van der Waals surface area contributed by atoms with Crippen LogP contribution in [0.25, 0.3) is 0 Å². The highest BCUT2D eigenvalue weighted by Crippen LogP contribution is 2.42. The Labute approximate surface area is 84.1 Å². The first kappa shape index (κ1) is 11.1. The highest BCUT2D eigenvalue weighted by molar-refractivity contribution is 4.82. The first-order valence-corrected chi connectivity index (χ1v) is 6.19. The largest absolute Gasteiger partial charge is 0.0654 e. The highest BCUT2D eigenvalue weighted by atomic mass is 14.4. The molecule has 0 aromatic carbocycles. The molecule has 0 saturated heterocycles. The predicted octanol–water partition coefficient (Wildman–Crippen LogP) is 4.78. The Morgan fingerprint density at radius 2 is 2.00 bits per heavy atom. The van der Waals surface area contributed by atoms with Gasteiger partial charge in [-0.15, -0.1) is 0 Å². The lowest BCUT2D eigenvalue weighted by molar-refractivity contribution is 0.165. The Bertz CT molecular complexity index is 139.